The molecule has 2 atom stereocenters. The molecule has 1 N–H and O–H groups in total. The van der Waals surface area contributed by atoms with Gasteiger partial charge in [-0.3, -0.25) is 9.59 Å². The molecule has 0 bridgehead atoms. The quantitative estimate of drug-likeness (QED) is 0.311. The number of methoxy groups -OCH3 is 1. The number of ether oxygens (including phenoxy) is 1. The number of benzene rings is 3. The van der Waals surface area contributed by atoms with Crippen molar-refractivity contribution in [1.82, 2.24) is 10.2 Å². The van der Waals surface area contributed by atoms with Crippen molar-refractivity contribution in [2.24, 2.45) is 0 Å². The van der Waals surface area contributed by atoms with Crippen molar-refractivity contribution >= 4 is 23.6 Å². The lowest BCUT2D eigenvalue weighted by Gasteiger charge is -2.32. The van der Waals surface area contributed by atoms with E-state index in [9.17, 15) is 9.59 Å². The van der Waals surface area contributed by atoms with Gasteiger partial charge < -0.3 is 15.0 Å². The van der Waals surface area contributed by atoms with E-state index in [2.05, 4.69) is 36.5 Å². The normalized spacial score (nSPS) is 12.4. The molecule has 2 amide bonds. The largest absolute Gasteiger partial charge is 0.497 e. The summed E-state index contributed by atoms with van der Waals surface area (Å²) in [5.41, 5.74) is 4.33. The van der Waals surface area contributed by atoms with Gasteiger partial charge in [0.2, 0.25) is 11.8 Å². The van der Waals surface area contributed by atoms with E-state index >= 15 is 0 Å². The lowest BCUT2D eigenvalue weighted by molar-refractivity contribution is -0.139. The Kier molecular flexibility index (Phi) is 11.1. The zero-order chi connectivity index (χ0) is 26.6. The van der Waals surface area contributed by atoms with E-state index in [0.717, 1.165) is 29.1 Å². The molecule has 0 unspecified atom stereocenters. The van der Waals surface area contributed by atoms with Gasteiger partial charge in [-0.25, -0.2) is 0 Å². The van der Waals surface area contributed by atoms with Crippen molar-refractivity contribution in [2.75, 3.05) is 12.9 Å². The number of amides is 2. The number of nitrogens with one attached hydrogen (secondary N) is 1. The first-order valence-electron chi connectivity index (χ1n) is 12.8. The number of hydrogen-bond donors (Lipinski definition) is 1. The zero-order valence-corrected chi connectivity index (χ0v) is 23.1. The third-order valence-corrected chi connectivity index (χ3v) is 7.36. The van der Waals surface area contributed by atoms with Crippen LogP contribution in [-0.4, -0.2) is 41.7 Å². The molecular weight excluding hydrogens is 480 g/mol. The molecular formula is C31H38N2O3S. The summed E-state index contributed by atoms with van der Waals surface area (Å²) in [5, 5.41) is 3.12. The highest BCUT2D eigenvalue weighted by molar-refractivity contribution is 7.99. The number of rotatable bonds is 13. The first-order valence-corrected chi connectivity index (χ1v) is 13.9. The van der Waals surface area contributed by atoms with Crippen molar-refractivity contribution < 1.29 is 14.3 Å². The maximum atomic E-state index is 13.7. The number of nitrogens with zero attached hydrogens (tertiary/aromatic N) is 1. The molecule has 37 heavy (non-hydrogen) atoms. The molecule has 0 aliphatic carbocycles. The van der Waals surface area contributed by atoms with Crippen LogP contribution >= 0.6 is 11.8 Å². The first kappa shape index (κ1) is 28.3. The number of thioether (sulfide) groups is 1. The summed E-state index contributed by atoms with van der Waals surface area (Å²) in [7, 11) is 1.63. The van der Waals surface area contributed by atoms with Gasteiger partial charge in [0.15, 0.2) is 0 Å². The smallest absolute Gasteiger partial charge is 0.243 e. The number of aryl methyl sites for hydroxylation is 1. The van der Waals surface area contributed by atoms with Crippen molar-refractivity contribution in [3.8, 4) is 5.75 Å². The van der Waals surface area contributed by atoms with Crippen LogP contribution < -0.4 is 10.1 Å². The van der Waals surface area contributed by atoms with E-state index < -0.39 is 6.04 Å². The summed E-state index contributed by atoms with van der Waals surface area (Å²) in [6.45, 7) is 6.42. The van der Waals surface area contributed by atoms with E-state index in [0.29, 0.717) is 18.7 Å². The van der Waals surface area contributed by atoms with Crippen molar-refractivity contribution in [3.63, 3.8) is 0 Å². The van der Waals surface area contributed by atoms with Gasteiger partial charge >= 0.3 is 0 Å². The van der Waals surface area contributed by atoms with E-state index in [1.807, 2.05) is 68.4 Å². The van der Waals surface area contributed by atoms with Gasteiger partial charge in [-0.2, -0.15) is 0 Å². The Morgan fingerprint density at radius 2 is 1.65 bits per heavy atom. The highest BCUT2D eigenvalue weighted by atomic mass is 32.2. The maximum absolute atomic E-state index is 13.7. The fourth-order valence-corrected chi connectivity index (χ4v) is 4.86. The molecule has 5 nitrogen and oxygen atoms in total. The van der Waals surface area contributed by atoms with Gasteiger partial charge in [0, 0.05) is 24.8 Å². The molecule has 6 heteroatoms. The summed E-state index contributed by atoms with van der Waals surface area (Å²) >= 11 is 1.57. The van der Waals surface area contributed by atoms with Crippen molar-refractivity contribution in [1.29, 1.82) is 0 Å². The van der Waals surface area contributed by atoms with Crippen LogP contribution in [0.4, 0.5) is 0 Å². The van der Waals surface area contributed by atoms with Crippen LogP contribution in [0.15, 0.2) is 78.9 Å². The van der Waals surface area contributed by atoms with Gasteiger partial charge in [0.25, 0.3) is 0 Å². The molecule has 3 aromatic rings. The van der Waals surface area contributed by atoms with Crippen LogP contribution in [0.25, 0.3) is 0 Å². The number of hydrogen-bond acceptors (Lipinski definition) is 4. The topological polar surface area (TPSA) is 58.6 Å². The second kappa shape index (κ2) is 14.5. The summed E-state index contributed by atoms with van der Waals surface area (Å²) < 4.78 is 5.40. The molecule has 0 heterocycles. The Morgan fingerprint density at radius 3 is 2.32 bits per heavy atom. The van der Waals surface area contributed by atoms with Gasteiger partial charge in [0.05, 0.1) is 12.9 Å². The Balaban J connectivity index is 1.86. The first-order chi connectivity index (χ1) is 17.9. The third-order valence-electron chi connectivity index (χ3n) is 6.37. The Morgan fingerprint density at radius 1 is 0.946 bits per heavy atom. The molecule has 0 saturated carbocycles. The zero-order valence-electron chi connectivity index (χ0n) is 22.3. The SMILES string of the molecule is CC[C@H](C)NC(=O)[C@H](Cc1ccccc1)N(Cc1cccc(OC)c1)C(=O)CSCc1ccc(C)cc1. The maximum Gasteiger partial charge on any atom is 0.243 e. The minimum atomic E-state index is -0.630. The Hall–Kier alpha value is -3.25. The minimum absolute atomic E-state index is 0.0236. The predicted molar refractivity (Wildman–Crippen MR) is 153 cm³/mol. The molecule has 0 saturated heterocycles. The van der Waals surface area contributed by atoms with Crippen molar-refractivity contribution in [2.45, 2.75) is 58.0 Å². The minimum Gasteiger partial charge on any atom is -0.497 e. The second-order valence-corrected chi connectivity index (χ2v) is 10.4. The molecule has 3 rings (SSSR count). The Bertz CT molecular complexity index is 1130. The molecule has 0 radical (unpaired) electrons. The van der Waals surface area contributed by atoms with Gasteiger partial charge in [-0.15, -0.1) is 11.8 Å². The lowest BCUT2D eigenvalue weighted by atomic mass is 10.0. The predicted octanol–water partition coefficient (Wildman–Crippen LogP) is 5.79. The average Bonchev–Trinajstić information content (AvgIpc) is 2.92. The summed E-state index contributed by atoms with van der Waals surface area (Å²) in [6.07, 6.45) is 1.27. The van der Waals surface area contributed by atoms with Crippen LogP contribution in [0.2, 0.25) is 0 Å². The molecule has 0 aliphatic heterocycles. The van der Waals surface area contributed by atoms with Gasteiger partial charge in [-0.05, 0) is 49.1 Å². The highest BCUT2D eigenvalue weighted by Gasteiger charge is 2.31. The second-order valence-electron chi connectivity index (χ2n) is 9.37. The van der Waals surface area contributed by atoms with Gasteiger partial charge in [-0.1, -0.05) is 79.2 Å². The van der Waals surface area contributed by atoms with E-state index in [1.54, 1.807) is 23.8 Å². The molecule has 0 fully saturated rings. The molecule has 3 aromatic carbocycles. The standard InChI is InChI=1S/C31H38N2O3S/c1-5-24(3)32-31(35)29(19-25-10-7-6-8-11-25)33(20-27-12-9-13-28(18-27)36-4)30(34)22-37-21-26-16-14-23(2)15-17-26/h6-18,24,29H,5,19-22H2,1-4H3,(H,32,35)/t24-,29-/m0/s1. The van der Waals surface area contributed by atoms with E-state index in [-0.39, 0.29) is 17.9 Å². The summed E-state index contributed by atoms with van der Waals surface area (Å²) in [5.74, 6) is 1.57. The average molecular weight is 519 g/mol. The number of carbonyl (C=O) groups excluding carboxylic acids is 2. The van der Waals surface area contributed by atoms with Gasteiger partial charge in [0.1, 0.15) is 11.8 Å². The Labute approximate surface area is 225 Å². The van der Waals surface area contributed by atoms with Crippen LogP contribution in [-0.2, 0) is 28.3 Å². The summed E-state index contributed by atoms with van der Waals surface area (Å²) in [4.78, 5) is 29.0. The lowest BCUT2D eigenvalue weighted by Crippen LogP contribution is -2.52. The van der Waals surface area contributed by atoms with Crippen LogP contribution in [0, 0.1) is 6.92 Å². The van der Waals surface area contributed by atoms with E-state index in [1.165, 1.54) is 11.1 Å². The number of carbonyl (C=O) groups is 2. The fourth-order valence-electron chi connectivity index (χ4n) is 3.99. The van der Waals surface area contributed by atoms with E-state index in [4.69, 9.17) is 4.74 Å². The molecule has 0 aliphatic rings. The molecule has 0 aromatic heterocycles. The fraction of sp³-hybridized carbons (Fsp3) is 0.355. The third kappa shape index (κ3) is 8.97. The summed E-state index contributed by atoms with van der Waals surface area (Å²) in [6, 6.07) is 25.3. The van der Waals surface area contributed by atoms with Crippen molar-refractivity contribution in [3.05, 3.63) is 101 Å². The van der Waals surface area contributed by atoms with Crippen LogP contribution in [0.1, 0.15) is 42.5 Å². The highest BCUT2D eigenvalue weighted by Crippen LogP contribution is 2.21. The molecule has 196 valence electrons. The monoisotopic (exact) mass is 518 g/mol. The van der Waals surface area contributed by atoms with Crippen LogP contribution in [0.5, 0.6) is 5.75 Å². The molecule has 0 spiro atoms. The van der Waals surface area contributed by atoms with Crippen LogP contribution in [0.3, 0.4) is 0 Å².